The third kappa shape index (κ3) is 3.32. The standard InChI is InChI=1S/C14H23N3OS/c1-4-16-9-8-15-14(16)19-10-13(18)17-11(2)6-5-7-12(17)3/h8-9,11-12H,4-7,10H2,1-3H3. The van der Waals surface area contributed by atoms with Crippen molar-refractivity contribution < 1.29 is 4.79 Å². The van der Waals surface area contributed by atoms with Crippen molar-refractivity contribution >= 4 is 17.7 Å². The molecule has 1 aliphatic heterocycles. The first-order valence-corrected chi connectivity index (χ1v) is 8.07. The first-order chi connectivity index (χ1) is 9.13. The van der Waals surface area contributed by atoms with Crippen molar-refractivity contribution in [1.82, 2.24) is 14.5 Å². The van der Waals surface area contributed by atoms with Gasteiger partial charge in [0.25, 0.3) is 0 Å². The molecule has 1 aromatic rings. The second-order valence-corrected chi connectivity index (χ2v) is 6.16. The number of imidazole rings is 1. The molecule has 0 bridgehead atoms. The summed E-state index contributed by atoms with van der Waals surface area (Å²) in [6.45, 7) is 7.30. The molecule has 0 aliphatic carbocycles. The molecule has 106 valence electrons. The second kappa shape index (κ2) is 6.46. The Bertz CT molecular complexity index is 422. The van der Waals surface area contributed by atoms with E-state index in [0.29, 0.717) is 17.8 Å². The van der Waals surface area contributed by atoms with Gasteiger partial charge in [-0.2, -0.15) is 0 Å². The Labute approximate surface area is 119 Å². The third-order valence-electron chi connectivity index (χ3n) is 3.82. The fourth-order valence-electron chi connectivity index (χ4n) is 2.79. The van der Waals surface area contributed by atoms with Crippen LogP contribution in [0.2, 0.25) is 0 Å². The lowest BCUT2D eigenvalue weighted by atomic mass is 9.98. The quantitative estimate of drug-likeness (QED) is 0.797. The summed E-state index contributed by atoms with van der Waals surface area (Å²) >= 11 is 1.54. The van der Waals surface area contributed by atoms with Crippen LogP contribution in [0.4, 0.5) is 0 Å². The Morgan fingerprint density at radius 3 is 2.74 bits per heavy atom. The smallest absolute Gasteiger partial charge is 0.233 e. The van der Waals surface area contributed by atoms with Gasteiger partial charge >= 0.3 is 0 Å². The van der Waals surface area contributed by atoms with E-state index in [1.54, 1.807) is 18.0 Å². The van der Waals surface area contributed by atoms with E-state index >= 15 is 0 Å². The number of nitrogens with zero attached hydrogens (tertiary/aromatic N) is 3. The van der Waals surface area contributed by atoms with E-state index in [9.17, 15) is 4.79 Å². The first kappa shape index (κ1) is 14.4. The fourth-order valence-corrected chi connectivity index (χ4v) is 3.68. The van der Waals surface area contributed by atoms with Gasteiger partial charge in [0.15, 0.2) is 5.16 Å². The predicted molar refractivity (Wildman–Crippen MR) is 78.2 cm³/mol. The van der Waals surface area contributed by atoms with Gasteiger partial charge in [0, 0.05) is 31.0 Å². The molecule has 0 radical (unpaired) electrons. The van der Waals surface area contributed by atoms with Gasteiger partial charge in [0.2, 0.25) is 5.91 Å². The van der Waals surface area contributed by atoms with Gasteiger partial charge in [-0.05, 0) is 40.0 Å². The van der Waals surface area contributed by atoms with E-state index in [0.717, 1.165) is 24.5 Å². The zero-order valence-electron chi connectivity index (χ0n) is 12.0. The van der Waals surface area contributed by atoms with Crippen molar-refractivity contribution in [3.8, 4) is 0 Å². The molecule has 19 heavy (non-hydrogen) atoms. The van der Waals surface area contributed by atoms with Gasteiger partial charge in [-0.3, -0.25) is 4.79 Å². The maximum atomic E-state index is 12.4. The van der Waals surface area contributed by atoms with Gasteiger partial charge in [0.05, 0.1) is 5.75 Å². The van der Waals surface area contributed by atoms with E-state index < -0.39 is 0 Å². The number of thioether (sulfide) groups is 1. The molecule has 1 aliphatic rings. The number of carbonyl (C=O) groups excluding carboxylic acids is 1. The SMILES string of the molecule is CCn1ccnc1SCC(=O)N1C(C)CCCC1C. The number of amides is 1. The van der Waals surface area contributed by atoms with Crippen molar-refractivity contribution in [2.45, 2.75) is 63.8 Å². The fraction of sp³-hybridized carbons (Fsp3) is 0.714. The molecule has 0 spiro atoms. The molecule has 1 fully saturated rings. The molecule has 2 unspecified atom stereocenters. The van der Waals surface area contributed by atoms with Gasteiger partial charge in [-0.15, -0.1) is 0 Å². The van der Waals surface area contributed by atoms with Crippen molar-refractivity contribution in [2.75, 3.05) is 5.75 Å². The number of carbonyl (C=O) groups is 1. The topological polar surface area (TPSA) is 38.1 Å². The highest BCUT2D eigenvalue weighted by Gasteiger charge is 2.28. The lowest BCUT2D eigenvalue weighted by Gasteiger charge is -2.39. The predicted octanol–water partition coefficient (Wildman–Crippen LogP) is 2.78. The van der Waals surface area contributed by atoms with Crippen LogP contribution in [0, 0.1) is 0 Å². The summed E-state index contributed by atoms with van der Waals surface area (Å²) in [4.78, 5) is 18.7. The highest BCUT2D eigenvalue weighted by Crippen LogP contribution is 2.24. The molecule has 1 amide bonds. The van der Waals surface area contributed by atoms with Crippen LogP contribution >= 0.6 is 11.8 Å². The summed E-state index contributed by atoms with van der Waals surface area (Å²) in [5.74, 6) is 0.737. The molecule has 2 heterocycles. The van der Waals surface area contributed by atoms with Crippen molar-refractivity contribution in [1.29, 1.82) is 0 Å². The van der Waals surface area contributed by atoms with Crippen molar-refractivity contribution in [2.24, 2.45) is 0 Å². The van der Waals surface area contributed by atoms with Crippen molar-refractivity contribution in [3.05, 3.63) is 12.4 Å². The summed E-state index contributed by atoms with van der Waals surface area (Å²) in [5, 5.41) is 0.938. The Morgan fingerprint density at radius 1 is 1.42 bits per heavy atom. The van der Waals surface area contributed by atoms with E-state index in [-0.39, 0.29) is 5.91 Å². The van der Waals surface area contributed by atoms with Gasteiger partial charge in [0.1, 0.15) is 0 Å². The highest BCUT2D eigenvalue weighted by atomic mass is 32.2. The summed E-state index contributed by atoms with van der Waals surface area (Å²) in [6, 6.07) is 0.755. The molecule has 0 saturated carbocycles. The Morgan fingerprint density at radius 2 is 2.11 bits per heavy atom. The van der Waals surface area contributed by atoms with Crippen LogP contribution < -0.4 is 0 Å². The molecule has 0 aromatic carbocycles. The van der Waals surface area contributed by atoms with Crippen LogP contribution in [0.5, 0.6) is 0 Å². The molecule has 2 rings (SSSR count). The first-order valence-electron chi connectivity index (χ1n) is 7.08. The van der Waals surface area contributed by atoms with Crippen molar-refractivity contribution in [3.63, 3.8) is 0 Å². The Kier molecular flexibility index (Phi) is 4.91. The lowest BCUT2D eigenvalue weighted by Crippen LogP contribution is -2.48. The van der Waals surface area contributed by atoms with Crippen LogP contribution in [0.3, 0.4) is 0 Å². The number of aryl methyl sites for hydroxylation is 1. The number of piperidine rings is 1. The van der Waals surface area contributed by atoms with Crippen LogP contribution in [-0.2, 0) is 11.3 Å². The second-order valence-electron chi connectivity index (χ2n) is 5.21. The molecule has 1 aromatic heterocycles. The third-order valence-corrected chi connectivity index (χ3v) is 4.81. The minimum Gasteiger partial charge on any atom is -0.337 e. The lowest BCUT2D eigenvalue weighted by molar-refractivity contribution is -0.134. The van der Waals surface area contributed by atoms with E-state index in [1.807, 2.05) is 6.20 Å². The maximum absolute atomic E-state index is 12.4. The zero-order chi connectivity index (χ0) is 13.8. The van der Waals surface area contributed by atoms with Gasteiger partial charge in [-0.1, -0.05) is 11.8 Å². The Hall–Kier alpha value is -0.970. The summed E-state index contributed by atoms with van der Waals surface area (Å²) < 4.78 is 2.07. The number of aromatic nitrogens is 2. The van der Waals surface area contributed by atoms with Crippen LogP contribution in [0.15, 0.2) is 17.6 Å². The normalized spacial score (nSPS) is 23.6. The largest absolute Gasteiger partial charge is 0.337 e. The van der Waals surface area contributed by atoms with Gasteiger partial charge < -0.3 is 9.47 Å². The van der Waals surface area contributed by atoms with Crippen LogP contribution in [-0.4, -0.2) is 38.2 Å². The summed E-state index contributed by atoms with van der Waals surface area (Å²) in [5.41, 5.74) is 0. The minimum atomic E-state index is 0.246. The molecule has 0 N–H and O–H groups in total. The molecule has 5 heteroatoms. The Balaban J connectivity index is 1.93. The zero-order valence-corrected chi connectivity index (χ0v) is 12.8. The highest BCUT2D eigenvalue weighted by molar-refractivity contribution is 7.99. The average Bonchev–Trinajstić information content (AvgIpc) is 2.83. The maximum Gasteiger partial charge on any atom is 0.233 e. The van der Waals surface area contributed by atoms with E-state index in [2.05, 4.69) is 35.2 Å². The number of rotatable bonds is 4. The molecule has 4 nitrogen and oxygen atoms in total. The van der Waals surface area contributed by atoms with E-state index in [1.165, 1.54) is 6.42 Å². The average molecular weight is 281 g/mol. The minimum absolute atomic E-state index is 0.246. The monoisotopic (exact) mass is 281 g/mol. The van der Waals surface area contributed by atoms with E-state index in [4.69, 9.17) is 0 Å². The molecule has 2 atom stereocenters. The summed E-state index contributed by atoms with van der Waals surface area (Å²) in [7, 11) is 0. The van der Waals surface area contributed by atoms with Crippen LogP contribution in [0.25, 0.3) is 0 Å². The number of hydrogen-bond donors (Lipinski definition) is 0. The van der Waals surface area contributed by atoms with Gasteiger partial charge in [-0.25, -0.2) is 4.98 Å². The molecular formula is C14H23N3OS. The summed E-state index contributed by atoms with van der Waals surface area (Å²) in [6.07, 6.45) is 7.25. The molecular weight excluding hydrogens is 258 g/mol. The number of likely N-dealkylation sites (tertiary alicyclic amines) is 1. The van der Waals surface area contributed by atoms with Crippen LogP contribution in [0.1, 0.15) is 40.0 Å². The number of hydrogen-bond acceptors (Lipinski definition) is 3. The molecule has 1 saturated heterocycles.